The molecule has 15 heteroatoms. The fourth-order valence-corrected chi connectivity index (χ4v) is 3.26. The van der Waals surface area contributed by atoms with Gasteiger partial charge in [-0.1, -0.05) is 0 Å². The van der Waals surface area contributed by atoms with E-state index in [1.165, 1.54) is 0 Å². The average molecular weight is 544 g/mol. The molecule has 0 spiro atoms. The van der Waals surface area contributed by atoms with E-state index in [9.17, 15) is 0 Å². The van der Waals surface area contributed by atoms with Crippen molar-refractivity contribution in [2.75, 3.05) is 26.2 Å². The molecule has 1 rings (SSSR count). The van der Waals surface area contributed by atoms with Crippen molar-refractivity contribution in [2.45, 2.75) is 77.5 Å². The van der Waals surface area contributed by atoms with Crippen LogP contribution in [0, 0.1) is 20.5 Å². The topological polar surface area (TPSA) is 227 Å². The van der Waals surface area contributed by atoms with Crippen molar-refractivity contribution in [3.05, 3.63) is 0 Å². The van der Waals surface area contributed by atoms with Crippen molar-refractivity contribution >= 4 is 0 Å². The van der Waals surface area contributed by atoms with E-state index in [4.69, 9.17) is 37.3 Å². The number of nitrogens with one attached hydrogen (secondary N) is 4. The van der Waals surface area contributed by atoms with Crippen molar-refractivity contribution in [3.63, 3.8) is 0 Å². The Bertz CT molecular complexity index is 402. The van der Waals surface area contributed by atoms with Crippen LogP contribution in [0.5, 0.6) is 0 Å². The molecule has 6 N–H and O–H groups in total. The Hall–Kier alpha value is 0.594. The van der Waals surface area contributed by atoms with E-state index in [0.29, 0.717) is 12.1 Å². The third-order valence-electron chi connectivity index (χ3n) is 4.08. The van der Waals surface area contributed by atoms with Gasteiger partial charge < -0.3 is 21.3 Å². The van der Waals surface area contributed by atoms with E-state index in [1.54, 1.807) is 0 Å². The molecule has 2 atom stereocenters. The maximum absolute atomic E-state index is 8.60. The van der Waals surface area contributed by atoms with Gasteiger partial charge in [0.2, 0.25) is 0 Å². The van der Waals surface area contributed by atoms with Crippen LogP contribution < -0.4 is 49.2 Å². The quantitative estimate of drug-likeness (QED) is 0.157. The van der Waals surface area contributed by atoms with Crippen molar-refractivity contribution in [1.29, 1.82) is 0 Å². The van der Waals surface area contributed by atoms with Gasteiger partial charge >= 0.3 is 0 Å². The number of hydrogen-bond donors (Lipinski definition) is 6. The van der Waals surface area contributed by atoms with Crippen LogP contribution in [0.3, 0.4) is 0 Å². The van der Waals surface area contributed by atoms with E-state index >= 15 is 0 Å². The Kier molecular flexibility index (Phi) is 19.0. The summed E-state index contributed by atoms with van der Waals surface area (Å²) in [5.74, 6) is 0. The van der Waals surface area contributed by atoms with Gasteiger partial charge in [-0.3, -0.25) is 0 Å². The third-order valence-corrected chi connectivity index (χ3v) is 4.08. The summed E-state index contributed by atoms with van der Waals surface area (Å²) in [4.78, 5) is 0. The van der Waals surface area contributed by atoms with Gasteiger partial charge in [-0.15, -0.1) is 0 Å². The van der Waals surface area contributed by atoms with Crippen LogP contribution in [0.1, 0.15) is 54.4 Å². The molecule has 1 heterocycles. The Morgan fingerprint density at radius 2 is 0.871 bits per heavy atom. The summed E-state index contributed by atoms with van der Waals surface area (Å²) < 4.78 is 65.4. The standard InChI is InChI=1S/C16H36N4.2ClHO4.Ni/c1-13-11-15(3,4)19-10-8-18-14(2)12-16(5,6)20-9-7-17-13;2*2-1(3,4)5;/h13-14,17-20H,7-12H2,1-6H3;2*(H,2,3,4,5);. The molecule has 31 heavy (non-hydrogen) atoms. The first kappa shape index (κ1) is 36.2. The van der Waals surface area contributed by atoms with Gasteiger partial charge in [0, 0.05) is 65.8 Å². The second kappa shape index (κ2) is 16.3. The molecule has 194 valence electrons. The fourth-order valence-electron chi connectivity index (χ4n) is 3.26. The van der Waals surface area contributed by atoms with E-state index in [0.717, 1.165) is 39.0 Å². The maximum Gasteiger partial charge on any atom is 0.0777 e. The molecular formula is C16H38Cl2N4NiO8. The van der Waals surface area contributed by atoms with Gasteiger partial charge in [0.05, 0.1) is 29.8 Å². The zero-order valence-electron chi connectivity index (χ0n) is 18.8. The van der Waals surface area contributed by atoms with Gasteiger partial charge in [0.15, 0.2) is 0 Å². The smallest absolute Gasteiger partial charge is 0.0777 e. The molecule has 1 fully saturated rings. The molecule has 0 radical (unpaired) electrons. The summed E-state index contributed by atoms with van der Waals surface area (Å²) in [6.45, 7) is 17.8. The van der Waals surface area contributed by atoms with Crippen molar-refractivity contribution in [2.24, 2.45) is 0 Å². The molecule has 1 aliphatic heterocycles. The molecule has 0 aliphatic carbocycles. The molecule has 0 amide bonds. The Labute approximate surface area is 199 Å². The average Bonchev–Trinajstić information content (AvgIpc) is 2.43. The second-order valence-electron chi connectivity index (χ2n) is 8.53. The number of halogens is 2. The number of rotatable bonds is 0. The van der Waals surface area contributed by atoms with E-state index in [1.807, 2.05) is 0 Å². The summed E-state index contributed by atoms with van der Waals surface area (Å²) >= 11 is 0. The van der Waals surface area contributed by atoms with Crippen LogP contribution in [0.25, 0.3) is 0 Å². The van der Waals surface area contributed by atoms with Gasteiger partial charge in [-0.05, 0) is 54.4 Å². The molecule has 0 aromatic carbocycles. The largest absolute Gasteiger partial charge is 0.313 e. The second-order valence-corrected chi connectivity index (χ2v) is 10.1. The monoisotopic (exact) mass is 542 g/mol. The molecule has 2 unspecified atom stereocenters. The Morgan fingerprint density at radius 3 is 1.10 bits per heavy atom. The van der Waals surface area contributed by atoms with Crippen molar-refractivity contribution < 1.29 is 74.2 Å². The van der Waals surface area contributed by atoms with Crippen LogP contribution in [-0.2, 0) is 16.5 Å². The van der Waals surface area contributed by atoms with Crippen LogP contribution >= 0.6 is 0 Å². The Morgan fingerprint density at radius 1 is 0.645 bits per heavy atom. The normalized spacial score (nSPS) is 25.4. The molecular weight excluding hydrogens is 506 g/mol. The Balaban J connectivity index is -0.000000595. The van der Waals surface area contributed by atoms with E-state index in [-0.39, 0.29) is 27.6 Å². The minimum absolute atomic E-state index is 0. The third kappa shape index (κ3) is 35.4. The molecule has 12 nitrogen and oxygen atoms in total. The molecule has 0 bridgehead atoms. The summed E-state index contributed by atoms with van der Waals surface area (Å²) in [6, 6.07) is 1.08. The van der Waals surface area contributed by atoms with Crippen molar-refractivity contribution in [1.82, 2.24) is 21.3 Å². The van der Waals surface area contributed by atoms with Crippen molar-refractivity contribution in [3.8, 4) is 0 Å². The summed E-state index contributed by atoms with van der Waals surface area (Å²) in [5, 5.41) is 14.6. The van der Waals surface area contributed by atoms with Gasteiger partial charge in [0.25, 0.3) is 0 Å². The SMILES string of the molecule is CC1CC(C)(C)NCCNC(C)CC(C)(C)NCCN1.[Ni].[O-][Cl+3]([O-])([O-])O.[O-][Cl+3]([O-])([O-])O. The van der Waals surface area contributed by atoms with E-state index < -0.39 is 20.5 Å². The van der Waals surface area contributed by atoms with Gasteiger partial charge in [-0.2, -0.15) is 28.0 Å². The molecule has 1 saturated heterocycles. The summed E-state index contributed by atoms with van der Waals surface area (Å²) in [7, 11) is -9.39. The minimum Gasteiger partial charge on any atom is -0.313 e. The summed E-state index contributed by atoms with van der Waals surface area (Å²) in [5.41, 5.74) is 0.377. The first-order valence-electron chi connectivity index (χ1n) is 9.43. The van der Waals surface area contributed by atoms with Crippen LogP contribution in [0.2, 0.25) is 0 Å². The molecule has 0 aromatic heterocycles. The zero-order valence-corrected chi connectivity index (χ0v) is 21.3. The van der Waals surface area contributed by atoms with E-state index in [2.05, 4.69) is 62.8 Å². The van der Waals surface area contributed by atoms with Gasteiger partial charge in [-0.25, -0.2) is 0 Å². The van der Waals surface area contributed by atoms with Crippen LogP contribution in [0.15, 0.2) is 0 Å². The van der Waals surface area contributed by atoms with Gasteiger partial charge in [0.1, 0.15) is 0 Å². The zero-order chi connectivity index (χ0) is 24.2. The molecule has 1 aliphatic rings. The van der Waals surface area contributed by atoms with Crippen LogP contribution in [-0.4, -0.2) is 58.7 Å². The summed E-state index contributed by atoms with van der Waals surface area (Å²) in [6.07, 6.45) is 2.29. The first-order valence-corrected chi connectivity index (χ1v) is 12.0. The maximum atomic E-state index is 8.60. The predicted molar refractivity (Wildman–Crippen MR) is 92.8 cm³/mol. The molecule has 0 aromatic rings. The van der Waals surface area contributed by atoms with Crippen LogP contribution in [0.4, 0.5) is 0 Å². The number of hydrogen-bond acceptors (Lipinski definition) is 12. The molecule has 0 saturated carbocycles. The minimum atomic E-state index is -4.69. The fraction of sp³-hybridized carbons (Fsp3) is 1.00. The first-order chi connectivity index (χ1) is 13.2. The predicted octanol–water partition coefficient (Wildman–Crippen LogP) is -6.78.